The summed E-state index contributed by atoms with van der Waals surface area (Å²) in [4.78, 5) is 0. The molecule has 0 unspecified atom stereocenters. The molecular weight excluding hydrogens is 248 g/mol. The van der Waals surface area contributed by atoms with Crippen molar-refractivity contribution in [1.29, 1.82) is 0 Å². The summed E-state index contributed by atoms with van der Waals surface area (Å²) >= 11 is 3.67. The molecule has 0 aliphatic heterocycles. The molecule has 0 saturated heterocycles. The highest BCUT2D eigenvalue weighted by Crippen LogP contribution is 2.30. The minimum absolute atomic E-state index is 1.12. The monoisotopic (exact) mass is 264 g/mol. The molecule has 1 aromatic rings. The maximum absolute atomic E-state index is 3.67. The number of unbranched alkanes of at least 4 members (excludes halogenated alkanes) is 2. The van der Waals surface area contributed by atoms with Gasteiger partial charge in [-0.25, -0.2) is 0 Å². The number of allylic oxidation sites excluding steroid dienone is 1. The van der Waals surface area contributed by atoms with E-state index in [0.717, 1.165) is 6.42 Å². The van der Waals surface area contributed by atoms with Crippen molar-refractivity contribution in [1.82, 2.24) is 0 Å². The lowest BCUT2D eigenvalue weighted by molar-refractivity contribution is 0.713. The first-order valence-electron chi connectivity index (χ1n) is 5.79. The predicted molar refractivity (Wildman–Crippen MR) is 70.1 cm³/mol. The second-order valence-corrected chi connectivity index (χ2v) is 5.01. The summed E-state index contributed by atoms with van der Waals surface area (Å²) in [5.74, 6) is 0. The number of hydrogen-bond donors (Lipinski definition) is 0. The van der Waals surface area contributed by atoms with Gasteiger partial charge < -0.3 is 0 Å². The second kappa shape index (κ2) is 4.98. The zero-order chi connectivity index (χ0) is 10.7. The van der Waals surface area contributed by atoms with Gasteiger partial charge >= 0.3 is 0 Å². The molecule has 0 amide bonds. The Labute approximate surface area is 101 Å². The van der Waals surface area contributed by atoms with Gasteiger partial charge in [0.15, 0.2) is 0 Å². The molecule has 0 nitrogen and oxygen atoms in total. The van der Waals surface area contributed by atoms with Crippen LogP contribution in [0.2, 0.25) is 0 Å². The summed E-state index contributed by atoms with van der Waals surface area (Å²) < 4.78 is 1.29. The third-order valence-electron chi connectivity index (χ3n) is 3.06. The molecule has 80 valence electrons. The Hall–Kier alpha value is -0.560. The van der Waals surface area contributed by atoms with E-state index in [4.69, 9.17) is 0 Å². The molecule has 1 heteroatoms. The number of benzene rings is 1. The van der Waals surface area contributed by atoms with Gasteiger partial charge in [-0.2, -0.15) is 0 Å². The molecule has 1 aromatic carbocycles. The first-order valence-corrected chi connectivity index (χ1v) is 6.59. The summed E-state index contributed by atoms with van der Waals surface area (Å²) in [6, 6.07) is 4.40. The van der Waals surface area contributed by atoms with E-state index in [1.165, 1.54) is 41.3 Å². The van der Waals surface area contributed by atoms with Crippen LogP contribution >= 0.6 is 15.9 Å². The number of halogens is 1. The first-order chi connectivity index (χ1) is 7.33. The maximum atomic E-state index is 3.67. The molecule has 0 fully saturated rings. The van der Waals surface area contributed by atoms with Crippen molar-refractivity contribution in [2.75, 3.05) is 0 Å². The van der Waals surface area contributed by atoms with E-state index >= 15 is 0 Å². The highest BCUT2D eigenvalue weighted by atomic mass is 79.9. The number of fused-ring (bicyclic) bond motifs is 1. The fourth-order valence-corrected chi connectivity index (χ4v) is 2.78. The van der Waals surface area contributed by atoms with Crippen LogP contribution in [-0.2, 0) is 12.8 Å². The molecule has 0 N–H and O–H groups in total. The summed E-state index contributed by atoms with van der Waals surface area (Å²) in [6.45, 7) is 2.26. The van der Waals surface area contributed by atoms with E-state index in [9.17, 15) is 0 Å². The molecular formula is C14H17Br. The van der Waals surface area contributed by atoms with Gasteiger partial charge in [0.25, 0.3) is 0 Å². The van der Waals surface area contributed by atoms with E-state index in [1.807, 2.05) is 0 Å². The largest absolute Gasteiger partial charge is 0.0795 e. The summed E-state index contributed by atoms with van der Waals surface area (Å²) in [5.41, 5.74) is 4.50. The van der Waals surface area contributed by atoms with Gasteiger partial charge in [-0.05, 0) is 42.0 Å². The van der Waals surface area contributed by atoms with Crippen LogP contribution in [0.25, 0.3) is 6.08 Å². The van der Waals surface area contributed by atoms with Crippen molar-refractivity contribution >= 4 is 22.0 Å². The Morgan fingerprint density at radius 3 is 2.93 bits per heavy atom. The molecule has 0 bridgehead atoms. The lowest BCUT2D eigenvalue weighted by atomic mass is 9.98. The molecule has 15 heavy (non-hydrogen) atoms. The molecule has 0 spiro atoms. The summed E-state index contributed by atoms with van der Waals surface area (Å²) in [6.07, 6.45) is 10.8. The topological polar surface area (TPSA) is 0 Å². The van der Waals surface area contributed by atoms with E-state index in [0.29, 0.717) is 0 Å². The van der Waals surface area contributed by atoms with Crippen LogP contribution in [-0.4, -0.2) is 0 Å². The van der Waals surface area contributed by atoms with Gasteiger partial charge in [0.2, 0.25) is 0 Å². The third-order valence-corrected chi connectivity index (χ3v) is 3.80. The molecule has 0 aromatic heterocycles. The average Bonchev–Trinajstić information content (AvgIpc) is 2.69. The van der Waals surface area contributed by atoms with Crippen LogP contribution in [0.1, 0.15) is 42.9 Å². The van der Waals surface area contributed by atoms with Crippen LogP contribution in [0.5, 0.6) is 0 Å². The van der Waals surface area contributed by atoms with Crippen molar-refractivity contribution in [2.24, 2.45) is 0 Å². The maximum Gasteiger partial charge on any atom is 0.0210 e. The molecule has 0 radical (unpaired) electrons. The first kappa shape index (κ1) is 10.9. The van der Waals surface area contributed by atoms with E-state index in [-0.39, 0.29) is 0 Å². The quantitative estimate of drug-likeness (QED) is 0.689. The molecule has 1 aliphatic carbocycles. The number of hydrogen-bond acceptors (Lipinski definition) is 0. The Morgan fingerprint density at radius 2 is 2.13 bits per heavy atom. The Bertz CT molecular complexity index is 377. The van der Waals surface area contributed by atoms with E-state index < -0.39 is 0 Å². The van der Waals surface area contributed by atoms with E-state index in [1.54, 1.807) is 5.56 Å². The summed E-state index contributed by atoms with van der Waals surface area (Å²) in [5, 5.41) is 0. The molecule has 0 heterocycles. The smallest absolute Gasteiger partial charge is 0.0210 e. The van der Waals surface area contributed by atoms with Gasteiger partial charge in [0.05, 0.1) is 0 Å². The Kier molecular flexibility index (Phi) is 3.63. The second-order valence-electron chi connectivity index (χ2n) is 4.16. The van der Waals surface area contributed by atoms with Gasteiger partial charge in [0.1, 0.15) is 0 Å². The van der Waals surface area contributed by atoms with Crippen molar-refractivity contribution in [3.63, 3.8) is 0 Å². The van der Waals surface area contributed by atoms with Gasteiger partial charge in [0, 0.05) is 4.47 Å². The van der Waals surface area contributed by atoms with Crippen LogP contribution in [0.3, 0.4) is 0 Å². The van der Waals surface area contributed by atoms with Crippen LogP contribution in [0.4, 0.5) is 0 Å². The Morgan fingerprint density at radius 1 is 1.27 bits per heavy atom. The standard InChI is InChI=1S/C14H17Br/c1-2-3-4-7-13-12-8-5-6-11(12)9-10-14(13)15/h5-6,9-10H,2-4,7-8H2,1H3. The zero-order valence-electron chi connectivity index (χ0n) is 9.22. The van der Waals surface area contributed by atoms with Crippen LogP contribution in [0, 0.1) is 0 Å². The predicted octanol–water partition coefficient (Wildman–Crippen LogP) is 4.75. The SMILES string of the molecule is CCCCCc1c(Br)ccc2c1CC=C2. The fourth-order valence-electron chi connectivity index (χ4n) is 2.21. The van der Waals surface area contributed by atoms with Crippen molar-refractivity contribution in [3.05, 3.63) is 39.4 Å². The Balaban J connectivity index is 2.19. The minimum Gasteiger partial charge on any atom is -0.0795 e. The molecule has 2 rings (SSSR count). The van der Waals surface area contributed by atoms with Crippen molar-refractivity contribution in [3.8, 4) is 0 Å². The van der Waals surface area contributed by atoms with Crippen molar-refractivity contribution in [2.45, 2.75) is 39.0 Å². The zero-order valence-corrected chi connectivity index (χ0v) is 10.8. The lowest BCUT2D eigenvalue weighted by Gasteiger charge is -2.10. The normalized spacial score (nSPS) is 13.2. The average molecular weight is 265 g/mol. The number of rotatable bonds is 4. The molecule has 1 aliphatic rings. The lowest BCUT2D eigenvalue weighted by Crippen LogP contribution is -1.95. The van der Waals surface area contributed by atoms with Gasteiger partial charge in [-0.15, -0.1) is 0 Å². The van der Waals surface area contributed by atoms with Crippen LogP contribution in [0.15, 0.2) is 22.7 Å². The van der Waals surface area contributed by atoms with Gasteiger partial charge in [-0.1, -0.05) is 53.9 Å². The highest BCUT2D eigenvalue weighted by molar-refractivity contribution is 9.10. The third kappa shape index (κ3) is 2.34. The fraction of sp³-hybridized carbons (Fsp3) is 0.429. The van der Waals surface area contributed by atoms with E-state index in [2.05, 4.69) is 47.1 Å². The highest BCUT2D eigenvalue weighted by Gasteiger charge is 2.12. The minimum atomic E-state index is 1.12. The van der Waals surface area contributed by atoms with Gasteiger partial charge in [-0.3, -0.25) is 0 Å². The summed E-state index contributed by atoms with van der Waals surface area (Å²) in [7, 11) is 0. The van der Waals surface area contributed by atoms with Crippen LogP contribution < -0.4 is 0 Å². The van der Waals surface area contributed by atoms with Crippen molar-refractivity contribution < 1.29 is 0 Å². The molecule has 0 saturated carbocycles. The molecule has 0 atom stereocenters.